The number of hydroxylamine groups is 2. The van der Waals surface area contributed by atoms with Crippen LogP contribution in [0.1, 0.15) is 12.0 Å². The molecule has 96 valence electrons. The molecule has 0 fully saturated rings. The second kappa shape index (κ2) is 6.19. The predicted octanol–water partition coefficient (Wildman–Crippen LogP) is 3.72. The molecule has 1 unspecified atom stereocenters. The van der Waals surface area contributed by atoms with E-state index in [4.69, 9.17) is 6.42 Å². The Bertz CT molecular complexity index is 544. The first-order valence-corrected chi connectivity index (χ1v) is 6.36. The first-order valence-electron chi connectivity index (χ1n) is 6.36. The summed E-state index contributed by atoms with van der Waals surface area (Å²) < 4.78 is -0.408. The van der Waals surface area contributed by atoms with Crippen LogP contribution in [0.3, 0.4) is 0 Å². The van der Waals surface area contributed by atoms with Crippen molar-refractivity contribution in [1.29, 1.82) is 0 Å². The lowest BCUT2D eigenvalue weighted by Crippen LogP contribution is -2.43. The average Bonchev–Trinajstić information content (AvgIpc) is 2.47. The maximum Gasteiger partial charge on any atom is 0.133 e. The Kier molecular flexibility index (Phi) is 4.35. The summed E-state index contributed by atoms with van der Waals surface area (Å²) in [5, 5.41) is 13.1. The third-order valence-corrected chi connectivity index (χ3v) is 3.12. The SMILES string of the molecule is C#CCC[N+]([O-])(Cc1ccccc1)c1ccccc1. The van der Waals surface area contributed by atoms with E-state index in [1.165, 1.54) is 0 Å². The van der Waals surface area contributed by atoms with Crippen molar-refractivity contribution >= 4 is 5.69 Å². The zero-order chi connectivity index (χ0) is 13.6. The smallest absolute Gasteiger partial charge is 0.133 e. The van der Waals surface area contributed by atoms with E-state index in [0.29, 0.717) is 19.5 Å². The van der Waals surface area contributed by atoms with E-state index in [0.717, 1.165) is 11.3 Å². The lowest BCUT2D eigenvalue weighted by Gasteiger charge is -2.42. The van der Waals surface area contributed by atoms with E-state index < -0.39 is 4.65 Å². The fourth-order valence-electron chi connectivity index (χ4n) is 2.12. The molecule has 1 atom stereocenters. The van der Waals surface area contributed by atoms with Crippen LogP contribution in [0.4, 0.5) is 5.69 Å². The van der Waals surface area contributed by atoms with Crippen molar-refractivity contribution in [2.45, 2.75) is 13.0 Å². The van der Waals surface area contributed by atoms with Crippen LogP contribution in [0.15, 0.2) is 60.7 Å². The Morgan fingerprint density at radius 3 is 2.11 bits per heavy atom. The Balaban J connectivity index is 2.28. The molecule has 0 aliphatic carbocycles. The number of terminal acetylenes is 1. The topological polar surface area (TPSA) is 23.1 Å². The molecular formula is C17H17NO. The molecule has 0 aliphatic heterocycles. The third-order valence-electron chi connectivity index (χ3n) is 3.12. The lowest BCUT2D eigenvalue weighted by molar-refractivity contribution is 0.371. The molecule has 0 heterocycles. The summed E-state index contributed by atoms with van der Waals surface area (Å²) in [7, 11) is 0. The Labute approximate surface area is 114 Å². The summed E-state index contributed by atoms with van der Waals surface area (Å²) in [6.45, 7) is 0.807. The van der Waals surface area contributed by atoms with Crippen molar-refractivity contribution in [2.24, 2.45) is 0 Å². The number of hydrogen-bond donors (Lipinski definition) is 0. The maximum atomic E-state index is 13.1. The molecule has 2 aromatic carbocycles. The average molecular weight is 251 g/mol. The first-order chi connectivity index (χ1) is 9.24. The van der Waals surface area contributed by atoms with E-state index in [1.54, 1.807) is 0 Å². The molecule has 0 aromatic heterocycles. The summed E-state index contributed by atoms with van der Waals surface area (Å²) in [4.78, 5) is 0. The highest BCUT2D eigenvalue weighted by Crippen LogP contribution is 2.25. The van der Waals surface area contributed by atoms with Gasteiger partial charge in [0.05, 0.1) is 13.0 Å². The van der Waals surface area contributed by atoms with Crippen molar-refractivity contribution < 1.29 is 0 Å². The van der Waals surface area contributed by atoms with E-state index >= 15 is 0 Å². The number of hydrogen-bond acceptors (Lipinski definition) is 1. The summed E-state index contributed by atoms with van der Waals surface area (Å²) in [6.07, 6.45) is 5.79. The zero-order valence-electron chi connectivity index (χ0n) is 10.8. The number of quaternary nitrogens is 1. The zero-order valence-corrected chi connectivity index (χ0v) is 10.8. The first kappa shape index (κ1) is 13.4. The van der Waals surface area contributed by atoms with Crippen LogP contribution in [0.2, 0.25) is 0 Å². The standard InChI is InChI=1S/C17H17NO/c1-2-3-14-18(19,17-12-8-5-9-13-17)15-16-10-6-4-7-11-16/h1,4-13H,3,14-15H2. The van der Waals surface area contributed by atoms with Crippen molar-refractivity contribution in [3.05, 3.63) is 71.4 Å². The van der Waals surface area contributed by atoms with Gasteiger partial charge in [-0.05, 0) is 12.1 Å². The van der Waals surface area contributed by atoms with Gasteiger partial charge in [0.1, 0.15) is 12.2 Å². The minimum absolute atomic E-state index is 0.398. The van der Waals surface area contributed by atoms with Gasteiger partial charge in [0.25, 0.3) is 0 Å². The number of benzene rings is 2. The van der Waals surface area contributed by atoms with E-state index in [2.05, 4.69) is 5.92 Å². The lowest BCUT2D eigenvalue weighted by atomic mass is 10.1. The molecule has 0 spiro atoms. The van der Waals surface area contributed by atoms with Crippen LogP contribution in [-0.4, -0.2) is 6.54 Å². The van der Waals surface area contributed by atoms with Gasteiger partial charge in [-0.15, -0.1) is 12.3 Å². The molecule has 2 aromatic rings. The number of para-hydroxylation sites is 1. The predicted molar refractivity (Wildman–Crippen MR) is 80.1 cm³/mol. The summed E-state index contributed by atoms with van der Waals surface area (Å²) in [6, 6.07) is 19.2. The molecule has 0 saturated heterocycles. The van der Waals surface area contributed by atoms with Gasteiger partial charge in [0, 0.05) is 5.56 Å². The van der Waals surface area contributed by atoms with Gasteiger partial charge in [0.15, 0.2) is 0 Å². The Hall–Kier alpha value is -2.08. The maximum absolute atomic E-state index is 13.1. The molecule has 2 rings (SSSR count). The molecule has 19 heavy (non-hydrogen) atoms. The highest BCUT2D eigenvalue weighted by atomic mass is 16.5. The molecule has 0 bridgehead atoms. The molecule has 0 N–H and O–H groups in total. The molecule has 0 saturated carbocycles. The number of nitrogens with zero attached hydrogens (tertiary/aromatic N) is 1. The van der Waals surface area contributed by atoms with E-state index in [9.17, 15) is 5.21 Å². The van der Waals surface area contributed by atoms with Crippen molar-refractivity contribution in [2.75, 3.05) is 6.54 Å². The summed E-state index contributed by atoms with van der Waals surface area (Å²) >= 11 is 0. The highest BCUT2D eigenvalue weighted by Gasteiger charge is 2.20. The van der Waals surface area contributed by atoms with Crippen LogP contribution in [0.5, 0.6) is 0 Å². The van der Waals surface area contributed by atoms with Crippen LogP contribution < -0.4 is 4.65 Å². The van der Waals surface area contributed by atoms with Gasteiger partial charge in [-0.1, -0.05) is 48.5 Å². The van der Waals surface area contributed by atoms with Crippen LogP contribution in [0.25, 0.3) is 0 Å². The second-order valence-corrected chi connectivity index (χ2v) is 4.55. The molecule has 0 radical (unpaired) electrons. The van der Waals surface area contributed by atoms with Gasteiger partial charge >= 0.3 is 0 Å². The minimum Gasteiger partial charge on any atom is -0.627 e. The number of rotatable bonds is 5. The van der Waals surface area contributed by atoms with Crippen LogP contribution in [0, 0.1) is 17.6 Å². The van der Waals surface area contributed by atoms with Gasteiger partial charge in [-0.25, -0.2) is 0 Å². The van der Waals surface area contributed by atoms with Crippen LogP contribution in [-0.2, 0) is 6.54 Å². The van der Waals surface area contributed by atoms with Gasteiger partial charge < -0.3 is 9.85 Å². The fourth-order valence-corrected chi connectivity index (χ4v) is 2.12. The summed E-state index contributed by atoms with van der Waals surface area (Å²) in [5.74, 6) is 2.56. The van der Waals surface area contributed by atoms with Crippen molar-refractivity contribution in [1.82, 2.24) is 4.65 Å². The van der Waals surface area contributed by atoms with E-state index in [1.807, 2.05) is 60.7 Å². The highest BCUT2D eigenvalue weighted by molar-refractivity contribution is 5.44. The van der Waals surface area contributed by atoms with E-state index in [-0.39, 0.29) is 0 Å². The molecular weight excluding hydrogens is 234 g/mol. The van der Waals surface area contributed by atoms with Crippen LogP contribution >= 0.6 is 0 Å². The van der Waals surface area contributed by atoms with Crippen molar-refractivity contribution in [3.63, 3.8) is 0 Å². The second-order valence-electron chi connectivity index (χ2n) is 4.55. The van der Waals surface area contributed by atoms with Gasteiger partial charge in [-0.3, -0.25) is 0 Å². The quantitative estimate of drug-likeness (QED) is 0.451. The van der Waals surface area contributed by atoms with Gasteiger partial charge in [0.2, 0.25) is 0 Å². The third kappa shape index (κ3) is 3.45. The monoisotopic (exact) mass is 251 g/mol. The normalized spacial score (nSPS) is 13.5. The largest absolute Gasteiger partial charge is 0.627 e. The molecule has 0 amide bonds. The Morgan fingerprint density at radius 2 is 1.53 bits per heavy atom. The molecule has 2 nitrogen and oxygen atoms in total. The van der Waals surface area contributed by atoms with Crippen molar-refractivity contribution in [3.8, 4) is 12.3 Å². The van der Waals surface area contributed by atoms with Gasteiger partial charge in [-0.2, -0.15) is 0 Å². The molecule has 0 aliphatic rings. The Morgan fingerprint density at radius 1 is 0.947 bits per heavy atom. The fraction of sp³-hybridized carbons (Fsp3) is 0.176. The summed E-state index contributed by atoms with van der Waals surface area (Å²) in [5.41, 5.74) is 1.78. The molecule has 2 heteroatoms. The minimum atomic E-state index is -0.408.